The average molecular weight is 400 g/mol. The monoisotopic (exact) mass is 400 g/mol. The first-order valence-electron chi connectivity index (χ1n) is 10.1. The normalized spacial score (nSPS) is 15.9. The molecule has 0 aliphatic carbocycles. The van der Waals surface area contributed by atoms with E-state index in [4.69, 9.17) is 10.00 Å². The Morgan fingerprint density at radius 1 is 1.17 bits per heavy atom. The van der Waals surface area contributed by atoms with Crippen molar-refractivity contribution in [2.75, 3.05) is 6.61 Å². The minimum atomic E-state index is -0.307. The van der Waals surface area contributed by atoms with E-state index in [1.54, 1.807) is 0 Å². The molecule has 0 bridgehead atoms. The number of esters is 1. The molecule has 2 heterocycles. The molecule has 0 fully saturated rings. The number of nitrogens with zero attached hydrogens (tertiary/aromatic N) is 4. The molecule has 152 valence electrons. The summed E-state index contributed by atoms with van der Waals surface area (Å²) in [5.74, 6) is -0.176. The minimum Gasteiger partial charge on any atom is -0.465 e. The minimum absolute atomic E-state index is 0.176. The van der Waals surface area contributed by atoms with Gasteiger partial charge in [0.2, 0.25) is 0 Å². The fraction of sp³-hybridized carbons (Fsp3) is 0.292. The highest BCUT2D eigenvalue weighted by atomic mass is 16.5. The fourth-order valence-corrected chi connectivity index (χ4v) is 3.93. The second-order valence-electron chi connectivity index (χ2n) is 7.47. The maximum absolute atomic E-state index is 12.7. The predicted octanol–water partition coefficient (Wildman–Crippen LogP) is 3.29. The van der Waals surface area contributed by atoms with Gasteiger partial charge in [-0.2, -0.15) is 5.26 Å². The van der Waals surface area contributed by atoms with Crippen LogP contribution >= 0.6 is 0 Å². The Bertz CT molecular complexity index is 1070. The van der Waals surface area contributed by atoms with Gasteiger partial charge in [-0.25, -0.2) is 4.98 Å². The van der Waals surface area contributed by atoms with E-state index in [0.29, 0.717) is 38.2 Å². The lowest BCUT2D eigenvalue weighted by atomic mass is 9.94. The van der Waals surface area contributed by atoms with Gasteiger partial charge in [0.15, 0.2) is 0 Å². The second kappa shape index (κ2) is 8.93. The van der Waals surface area contributed by atoms with Crippen LogP contribution < -0.4 is 0 Å². The molecule has 0 amide bonds. The zero-order valence-corrected chi connectivity index (χ0v) is 17.0. The van der Waals surface area contributed by atoms with E-state index in [9.17, 15) is 4.79 Å². The number of ether oxygens (including phenoxy) is 1. The molecule has 1 aliphatic rings. The van der Waals surface area contributed by atoms with Gasteiger partial charge in [0.05, 0.1) is 30.3 Å². The molecule has 0 saturated carbocycles. The lowest BCUT2D eigenvalue weighted by Gasteiger charge is -2.35. The van der Waals surface area contributed by atoms with E-state index >= 15 is 0 Å². The van der Waals surface area contributed by atoms with Crippen molar-refractivity contribution in [3.63, 3.8) is 0 Å². The molecule has 0 spiro atoms. The summed E-state index contributed by atoms with van der Waals surface area (Å²) in [6, 6.07) is 17.7. The van der Waals surface area contributed by atoms with Crippen LogP contribution in [0.1, 0.15) is 34.9 Å². The molecule has 1 atom stereocenters. The molecular formula is C24H24N4O2. The van der Waals surface area contributed by atoms with Gasteiger partial charge in [-0.05, 0) is 42.2 Å². The van der Waals surface area contributed by atoms with Crippen LogP contribution in [-0.4, -0.2) is 33.1 Å². The van der Waals surface area contributed by atoms with Gasteiger partial charge >= 0.3 is 5.97 Å². The molecular weight excluding hydrogens is 376 g/mol. The average Bonchev–Trinajstić information content (AvgIpc) is 3.20. The molecule has 1 unspecified atom stereocenters. The SMILES string of the molecule is CCOC(=O)C1Cc2ccccc2CN1Cc1cncn1Cc1ccc(C#N)cc1. The predicted molar refractivity (Wildman–Crippen MR) is 112 cm³/mol. The largest absolute Gasteiger partial charge is 0.465 e. The van der Waals surface area contributed by atoms with Gasteiger partial charge in [0.1, 0.15) is 6.04 Å². The summed E-state index contributed by atoms with van der Waals surface area (Å²) in [6.45, 7) is 4.18. The summed E-state index contributed by atoms with van der Waals surface area (Å²) < 4.78 is 7.45. The highest BCUT2D eigenvalue weighted by molar-refractivity contribution is 5.76. The smallest absolute Gasteiger partial charge is 0.323 e. The Morgan fingerprint density at radius 2 is 1.93 bits per heavy atom. The van der Waals surface area contributed by atoms with E-state index in [0.717, 1.165) is 11.3 Å². The number of benzene rings is 2. The quantitative estimate of drug-likeness (QED) is 0.594. The third-order valence-corrected chi connectivity index (χ3v) is 5.50. The Balaban J connectivity index is 1.55. The van der Waals surface area contributed by atoms with Crippen molar-refractivity contribution in [3.05, 3.63) is 89.0 Å². The van der Waals surface area contributed by atoms with E-state index in [-0.39, 0.29) is 12.0 Å². The first kappa shape index (κ1) is 19.9. The number of fused-ring (bicyclic) bond motifs is 1. The maximum atomic E-state index is 12.7. The lowest BCUT2D eigenvalue weighted by molar-refractivity contribution is -0.150. The summed E-state index contributed by atoms with van der Waals surface area (Å²) in [5.41, 5.74) is 5.23. The van der Waals surface area contributed by atoms with Crippen LogP contribution in [0.2, 0.25) is 0 Å². The van der Waals surface area contributed by atoms with E-state index in [1.807, 2.05) is 55.8 Å². The van der Waals surface area contributed by atoms with Crippen molar-refractivity contribution in [2.24, 2.45) is 0 Å². The molecule has 3 aromatic rings. The molecule has 2 aromatic carbocycles. The molecule has 0 saturated heterocycles. The van der Waals surface area contributed by atoms with Gasteiger partial charge in [-0.15, -0.1) is 0 Å². The first-order chi connectivity index (χ1) is 14.7. The Labute approximate surface area is 176 Å². The highest BCUT2D eigenvalue weighted by Gasteiger charge is 2.33. The third kappa shape index (κ3) is 4.27. The third-order valence-electron chi connectivity index (χ3n) is 5.50. The topological polar surface area (TPSA) is 71.2 Å². The number of aromatic nitrogens is 2. The Morgan fingerprint density at radius 3 is 2.67 bits per heavy atom. The number of hydrogen-bond donors (Lipinski definition) is 0. The van der Waals surface area contributed by atoms with Crippen LogP contribution in [0.15, 0.2) is 61.1 Å². The van der Waals surface area contributed by atoms with Gasteiger partial charge in [-0.1, -0.05) is 36.4 Å². The van der Waals surface area contributed by atoms with E-state index in [1.165, 1.54) is 11.1 Å². The number of hydrogen-bond acceptors (Lipinski definition) is 5. The van der Waals surface area contributed by atoms with Gasteiger partial charge < -0.3 is 9.30 Å². The second-order valence-corrected chi connectivity index (χ2v) is 7.47. The summed E-state index contributed by atoms with van der Waals surface area (Å²) in [5, 5.41) is 8.98. The van der Waals surface area contributed by atoms with E-state index in [2.05, 4.69) is 32.7 Å². The maximum Gasteiger partial charge on any atom is 0.323 e. The molecule has 1 aliphatic heterocycles. The zero-order valence-electron chi connectivity index (χ0n) is 17.0. The Hall–Kier alpha value is -3.43. The Kier molecular flexibility index (Phi) is 5.92. The van der Waals surface area contributed by atoms with Crippen molar-refractivity contribution in [2.45, 2.75) is 39.0 Å². The number of rotatable bonds is 6. The van der Waals surface area contributed by atoms with Crippen LogP contribution in [0.4, 0.5) is 0 Å². The van der Waals surface area contributed by atoms with Crippen LogP contribution in [0, 0.1) is 11.3 Å². The van der Waals surface area contributed by atoms with Crippen LogP contribution in [0.3, 0.4) is 0 Å². The van der Waals surface area contributed by atoms with Crippen molar-refractivity contribution in [1.82, 2.24) is 14.5 Å². The lowest BCUT2D eigenvalue weighted by Crippen LogP contribution is -2.46. The van der Waals surface area contributed by atoms with Gasteiger partial charge in [0.25, 0.3) is 0 Å². The molecule has 6 nitrogen and oxygen atoms in total. The summed E-state index contributed by atoms with van der Waals surface area (Å²) in [4.78, 5) is 19.2. The molecule has 6 heteroatoms. The van der Waals surface area contributed by atoms with Gasteiger partial charge in [-0.3, -0.25) is 9.69 Å². The van der Waals surface area contributed by atoms with Crippen molar-refractivity contribution in [3.8, 4) is 6.07 Å². The summed E-state index contributed by atoms with van der Waals surface area (Å²) in [7, 11) is 0. The van der Waals surface area contributed by atoms with Crippen molar-refractivity contribution in [1.29, 1.82) is 5.26 Å². The number of imidazole rings is 1. The zero-order chi connectivity index (χ0) is 20.9. The summed E-state index contributed by atoms with van der Waals surface area (Å²) in [6.07, 6.45) is 4.32. The van der Waals surface area contributed by atoms with Crippen LogP contribution in [-0.2, 0) is 35.6 Å². The molecule has 0 N–H and O–H groups in total. The fourth-order valence-electron chi connectivity index (χ4n) is 3.93. The van der Waals surface area contributed by atoms with Crippen LogP contribution in [0.5, 0.6) is 0 Å². The van der Waals surface area contributed by atoms with E-state index < -0.39 is 0 Å². The highest BCUT2D eigenvalue weighted by Crippen LogP contribution is 2.26. The molecule has 30 heavy (non-hydrogen) atoms. The summed E-state index contributed by atoms with van der Waals surface area (Å²) >= 11 is 0. The molecule has 0 radical (unpaired) electrons. The van der Waals surface area contributed by atoms with Crippen molar-refractivity contribution >= 4 is 5.97 Å². The van der Waals surface area contributed by atoms with Crippen LogP contribution in [0.25, 0.3) is 0 Å². The van der Waals surface area contributed by atoms with Crippen molar-refractivity contribution < 1.29 is 9.53 Å². The van der Waals surface area contributed by atoms with Gasteiger partial charge in [0, 0.05) is 25.8 Å². The number of carbonyl (C=O) groups excluding carboxylic acids is 1. The number of carbonyl (C=O) groups is 1. The molecule has 1 aromatic heterocycles. The standard InChI is InChI=1S/C24H24N4O2/c1-2-30-24(29)23-11-20-5-3-4-6-21(20)15-27(23)16-22-13-26-17-28(22)14-19-9-7-18(12-25)8-10-19/h3-10,13,17,23H,2,11,14-16H2,1H3. The number of nitriles is 1. The molecule has 4 rings (SSSR count). The first-order valence-corrected chi connectivity index (χ1v) is 10.1.